The third kappa shape index (κ3) is 12.0. The highest BCUT2D eigenvalue weighted by Gasteiger charge is 2.35. The van der Waals surface area contributed by atoms with Crippen molar-refractivity contribution in [2.75, 3.05) is 0 Å². The normalized spacial score (nSPS) is 17.9. The van der Waals surface area contributed by atoms with Crippen LogP contribution in [0.2, 0.25) is 10.0 Å². The molecule has 0 aromatic heterocycles. The zero-order valence-electron chi connectivity index (χ0n) is 22.7. The molecular weight excluding hydrogens is 599 g/mol. The van der Waals surface area contributed by atoms with Gasteiger partial charge in [-0.25, -0.2) is 9.69 Å². The number of ether oxygens (including phenoxy) is 1. The van der Waals surface area contributed by atoms with Crippen molar-refractivity contribution < 1.29 is 14.3 Å². The summed E-state index contributed by atoms with van der Waals surface area (Å²) in [5, 5.41) is 1.59. The number of aryl methyl sites for hydroxylation is 2. The molecule has 2 unspecified atom stereocenters. The molecule has 0 N–H and O–H groups in total. The maximum atomic E-state index is 11.6. The van der Waals surface area contributed by atoms with Crippen LogP contribution in [0.25, 0.3) is 0 Å². The predicted molar refractivity (Wildman–Crippen MR) is 171 cm³/mol. The van der Waals surface area contributed by atoms with Gasteiger partial charge in [0.05, 0.1) is 0 Å². The predicted octanol–water partition coefficient (Wildman–Crippen LogP) is 10.2. The van der Waals surface area contributed by atoms with Gasteiger partial charge in [0.2, 0.25) is 5.91 Å². The Morgan fingerprint density at radius 2 is 1.54 bits per heavy atom. The fourth-order valence-corrected chi connectivity index (χ4v) is 4.62. The highest BCUT2D eigenvalue weighted by Crippen LogP contribution is 2.23. The lowest BCUT2D eigenvalue weighted by molar-refractivity contribution is -0.127. The SMILES string of the molecule is C.C.CC1CCC(=O)N1C(=O)OC(C)(C)C.Cc1cc(Cl)ccc1Br.Cc1cc(Cl)ccc1C1=NC(C)CC1. The minimum atomic E-state index is -0.542. The Kier molecular flexibility index (Phi) is 15.6. The van der Waals surface area contributed by atoms with Crippen LogP contribution >= 0.6 is 39.1 Å². The van der Waals surface area contributed by atoms with Crippen LogP contribution in [-0.2, 0) is 9.53 Å². The average Bonchev–Trinajstić information content (AvgIpc) is 3.35. The Morgan fingerprint density at radius 1 is 0.974 bits per heavy atom. The molecule has 0 spiro atoms. The van der Waals surface area contributed by atoms with Crippen molar-refractivity contribution in [1.29, 1.82) is 0 Å². The molecule has 5 nitrogen and oxygen atoms in total. The summed E-state index contributed by atoms with van der Waals surface area (Å²) in [7, 11) is 0. The summed E-state index contributed by atoms with van der Waals surface area (Å²) in [6.45, 7) is 13.5. The largest absolute Gasteiger partial charge is 0.443 e. The minimum Gasteiger partial charge on any atom is -0.443 e. The van der Waals surface area contributed by atoms with Crippen molar-refractivity contribution in [1.82, 2.24) is 4.90 Å². The third-order valence-corrected chi connectivity index (χ3v) is 7.23. The van der Waals surface area contributed by atoms with E-state index >= 15 is 0 Å². The summed E-state index contributed by atoms with van der Waals surface area (Å²) in [6, 6.07) is 12.2. The van der Waals surface area contributed by atoms with Gasteiger partial charge in [-0.1, -0.05) is 60.1 Å². The van der Waals surface area contributed by atoms with Gasteiger partial charge in [-0.15, -0.1) is 0 Å². The Labute approximate surface area is 254 Å². The quantitative estimate of drug-likeness (QED) is 0.311. The summed E-state index contributed by atoms with van der Waals surface area (Å²) in [4.78, 5) is 28.7. The zero-order chi connectivity index (χ0) is 27.9. The average molecular weight is 645 g/mol. The van der Waals surface area contributed by atoms with Crippen molar-refractivity contribution in [3.8, 4) is 0 Å². The van der Waals surface area contributed by atoms with Crippen LogP contribution in [0.5, 0.6) is 0 Å². The maximum Gasteiger partial charge on any atom is 0.417 e. The molecule has 218 valence electrons. The van der Waals surface area contributed by atoms with Gasteiger partial charge in [-0.3, -0.25) is 9.79 Å². The first kappa shape index (κ1) is 37.1. The molecule has 0 radical (unpaired) electrons. The van der Waals surface area contributed by atoms with E-state index in [1.807, 2.05) is 44.2 Å². The Morgan fingerprint density at radius 3 is 1.95 bits per heavy atom. The van der Waals surface area contributed by atoms with Gasteiger partial charge in [0, 0.05) is 38.7 Å². The van der Waals surface area contributed by atoms with Gasteiger partial charge in [0.25, 0.3) is 0 Å². The van der Waals surface area contributed by atoms with Crippen molar-refractivity contribution in [2.24, 2.45) is 4.99 Å². The number of rotatable bonds is 1. The lowest BCUT2D eigenvalue weighted by Gasteiger charge is -2.25. The number of benzene rings is 2. The minimum absolute atomic E-state index is 0. The fraction of sp³-hybridized carbons (Fsp3) is 0.516. The van der Waals surface area contributed by atoms with Crippen molar-refractivity contribution in [3.05, 3.63) is 67.6 Å². The van der Waals surface area contributed by atoms with E-state index in [9.17, 15) is 9.59 Å². The number of carbonyl (C=O) groups is 2. The first-order valence-corrected chi connectivity index (χ1v) is 14.0. The van der Waals surface area contributed by atoms with E-state index in [4.69, 9.17) is 27.9 Å². The van der Waals surface area contributed by atoms with E-state index in [0.717, 1.165) is 27.4 Å². The van der Waals surface area contributed by atoms with Crippen molar-refractivity contribution in [3.63, 3.8) is 0 Å². The van der Waals surface area contributed by atoms with Crippen LogP contribution in [0.4, 0.5) is 4.79 Å². The number of halogens is 3. The molecule has 1 fully saturated rings. The van der Waals surface area contributed by atoms with Crippen LogP contribution < -0.4 is 0 Å². The van der Waals surface area contributed by atoms with Crippen LogP contribution in [-0.4, -0.2) is 40.3 Å². The smallest absolute Gasteiger partial charge is 0.417 e. The topological polar surface area (TPSA) is 59.0 Å². The van der Waals surface area contributed by atoms with E-state index in [1.165, 1.54) is 33.7 Å². The molecule has 0 bridgehead atoms. The summed E-state index contributed by atoms with van der Waals surface area (Å²) in [5.74, 6) is -0.133. The number of imide groups is 1. The van der Waals surface area contributed by atoms with Crippen LogP contribution in [0, 0.1) is 13.8 Å². The van der Waals surface area contributed by atoms with Crippen molar-refractivity contribution >= 4 is 56.8 Å². The second kappa shape index (κ2) is 16.4. The Bertz CT molecular complexity index is 1150. The molecule has 39 heavy (non-hydrogen) atoms. The summed E-state index contributed by atoms with van der Waals surface area (Å²) < 4.78 is 6.23. The van der Waals surface area contributed by atoms with Crippen LogP contribution in [0.15, 0.2) is 45.9 Å². The van der Waals surface area contributed by atoms with E-state index in [2.05, 4.69) is 40.8 Å². The third-order valence-electron chi connectivity index (χ3n) is 5.87. The summed E-state index contributed by atoms with van der Waals surface area (Å²) in [5.41, 5.74) is 4.36. The maximum absolute atomic E-state index is 11.6. The Balaban J connectivity index is 0.000000555. The monoisotopic (exact) mass is 642 g/mol. The number of hydrogen-bond donors (Lipinski definition) is 0. The van der Waals surface area contributed by atoms with Gasteiger partial charge in [0.15, 0.2) is 0 Å². The highest BCUT2D eigenvalue weighted by molar-refractivity contribution is 9.10. The van der Waals surface area contributed by atoms with Gasteiger partial charge in [-0.05, 0) is 115 Å². The molecule has 2 atom stereocenters. The van der Waals surface area contributed by atoms with Crippen LogP contribution in [0.1, 0.15) is 91.8 Å². The molecule has 2 aliphatic rings. The van der Waals surface area contributed by atoms with Crippen LogP contribution in [0.3, 0.4) is 0 Å². The molecule has 2 heterocycles. The highest BCUT2D eigenvalue weighted by atomic mass is 79.9. The first-order valence-electron chi connectivity index (χ1n) is 12.5. The van der Waals surface area contributed by atoms with E-state index in [0.29, 0.717) is 12.5 Å². The number of aliphatic imine (C=N–C) groups is 1. The molecule has 2 aromatic rings. The van der Waals surface area contributed by atoms with Gasteiger partial charge >= 0.3 is 6.09 Å². The first-order chi connectivity index (χ1) is 17.2. The van der Waals surface area contributed by atoms with Crippen molar-refractivity contribution in [2.45, 2.75) is 107 Å². The number of carbonyl (C=O) groups excluding carboxylic acids is 2. The standard InChI is InChI=1S/C12H14ClN.C10H17NO3.C7H6BrCl.2CH4/c1-8-7-10(13)4-5-11(8)12-6-3-9(2)14-12;1-7-5-6-8(12)11(7)9(13)14-10(2,3)4;1-5-4-6(9)2-3-7(5)8;;/h4-5,7,9H,3,6H2,1-2H3;7H,5-6H2,1-4H3;2-4H,1H3;2*1H4. The zero-order valence-corrected chi connectivity index (χ0v) is 25.8. The fourth-order valence-electron chi connectivity index (χ4n) is 3.92. The molecule has 0 saturated carbocycles. The molecule has 2 amide bonds. The molecule has 2 aliphatic heterocycles. The van der Waals surface area contributed by atoms with Gasteiger partial charge in [-0.2, -0.15) is 0 Å². The van der Waals surface area contributed by atoms with E-state index in [-0.39, 0.29) is 26.8 Å². The Hall–Kier alpha value is -1.89. The molecule has 1 saturated heterocycles. The van der Waals surface area contributed by atoms with Gasteiger partial charge in [0.1, 0.15) is 5.60 Å². The second-order valence-corrected chi connectivity index (χ2v) is 12.2. The number of hydrogen-bond acceptors (Lipinski definition) is 4. The number of nitrogens with zero attached hydrogens (tertiary/aromatic N) is 2. The molecule has 8 heteroatoms. The molecule has 2 aromatic carbocycles. The van der Waals surface area contributed by atoms with E-state index in [1.54, 1.807) is 20.8 Å². The molecular formula is C31H45BrCl2N2O3. The lowest BCUT2D eigenvalue weighted by atomic mass is 10.0. The molecule has 4 rings (SSSR count). The second-order valence-electron chi connectivity index (χ2n) is 10.4. The summed E-state index contributed by atoms with van der Waals surface area (Å²) in [6.07, 6.45) is 2.94. The van der Waals surface area contributed by atoms with E-state index < -0.39 is 11.7 Å². The summed E-state index contributed by atoms with van der Waals surface area (Å²) >= 11 is 15.0. The lowest BCUT2D eigenvalue weighted by Crippen LogP contribution is -2.41. The number of amides is 2. The van der Waals surface area contributed by atoms with Gasteiger partial charge < -0.3 is 4.74 Å². The number of likely N-dealkylation sites (tertiary alicyclic amines) is 1. The molecule has 0 aliphatic carbocycles.